The molecule has 6 nitrogen and oxygen atoms in total. The second kappa shape index (κ2) is 6.09. The van der Waals surface area contributed by atoms with Gasteiger partial charge in [-0.1, -0.05) is 6.58 Å². The fourth-order valence-electron chi connectivity index (χ4n) is 2.94. The highest BCUT2D eigenvalue weighted by molar-refractivity contribution is 5.87. The van der Waals surface area contributed by atoms with Gasteiger partial charge in [0.2, 0.25) is 5.91 Å². The second-order valence-corrected chi connectivity index (χ2v) is 5.48. The van der Waals surface area contributed by atoms with E-state index in [2.05, 4.69) is 21.5 Å². The lowest BCUT2D eigenvalue weighted by Gasteiger charge is -2.32. The van der Waals surface area contributed by atoms with Crippen molar-refractivity contribution in [2.75, 3.05) is 13.1 Å². The molecule has 1 aliphatic heterocycles. The maximum Gasteiger partial charge on any atom is 0.245 e. The number of piperidine rings is 1. The Hall–Kier alpha value is -2.50. The molecule has 2 aromatic rings. The van der Waals surface area contributed by atoms with Crippen LogP contribution in [0.4, 0.5) is 0 Å². The molecule has 1 unspecified atom stereocenters. The predicted molar refractivity (Wildman–Crippen MR) is 83.0 cm³/mol. The average molecular weight is 297 g/mol. The van der Waals surface area contributed by atoms with Crippen LogP contribution < -0.4 is 0 Å². The quantitative estimate of drug-likeness (QED) is 0.810. The van der Waals surface area contributed by atoms with Crippen molar-refractivity contribution in [3.05, 3.63) is 43.1 Å². The molecule has 0 bridgehead atoms. The number of imidazole rings is 1. The molecule has 1 amide bonds. The second-order valence-electron chi connectivity index (χ2n) is 5.48. The summed E-state index contributed by atoms with van der Waals surface area (Å²) in [6.07, 6.45) is 10.4. The molecule has 1 atom stereocenters. The Balaban J connectivity index is 1.93. The highest BCUT2D eigenvalue weighted by atomic mass is 16.2. The molecule has 0 aliphatic carbocycles. The van der Waals surface area contributed by atoms with Crippen LogP contribution in [-0.2, 0) is 11.8 Å². The Kier molecular flexibility index (Phi) is 4.00. The monoisotopic (exact) mass is 297 g/mol. The van der Waals surface area contributed by atoms with Crippen LogP contribution in [0.1, 0.15) is 24.5 Å². The van der Waals surface area contributed by atoms with Crippen LogP contribution in [0.15, 0.2) is 37.4 Å². The molecule has 114 valence electrons. The number of likely N-dealkylation sites (tertiary alicyclic amines) is 1. The SMILES string of the molecule is C=CC(=O)N1CCCC(c2nccnc2-c2nccn2C)C1. The van der Waals surface area contributed by atoms with Crippen molar-refractivity contribution < 1.29 is 4.79 Å². The van der Waals surface area contributed by atoms with E-state index >= 15 is 0 Å². The molecule has 3 heterocycles. The van der Waals surface area contributed by atoms with Crippen molar-refractivity contribution in [1.29, 1.82) is 0 Å². The van der Waals surface area contributed by atoms with Crippen molar-refractivity contribution in [1.82, 2.24) is 24.4 Å². The van der Waals surface area contributed by atoms with E-state index in [0.29, 0.717) is 6.54 Å². The van der Waals surface area contributed by atoms with Crippen molar-refractivity contribution in [3.8, 4) is 11.5 Å². The fraction of sp³-hybridized carbons (Fsp3) is 0.375. The van der Waals surface area contributed by atoms with Crippen LogP contribution in [-0.4, -0.2) is 43.4 Å². The van der Waals surface area contributed by atoms with E-state index in [1.165, 1.54) is 6.08 Å². The van der Waals surface area contributed by atoms with E-state index in [0.717, 1.165) is 36.6 Å². The Morgan fingerprint density at radius 1 is 1.32 bits per heavy atom. The molecule has 0 saturated carbocycles. The Morgan fingerprint density at radius 3 is 2.86 bits per heavy atom. The van der Waals surface area contributed by atoms with Crippen molar-refractivity contribution >= 4 is 5.91 Å². The first-order valence-corrected chi connectivity index (χ1v) is 7.40. The number of aryl methyl sites for hydroxylation is 1. The number of rotatable bonds is 3. The summed E-state index contributed by atoms with van der Waals surface area (Å²) in [5.41, 5.74) is 1.71. The van der Waals surface area contributed by atoms with E-state index in [-0.39, 0.29) is 11.8 Å². The van der Waals surface area contributed by atoms with Gasteiger partial charge in [0.25, 0.3) is 0 Å². The summed E-state index contributed by atoms with van der Waals surface area (Å²) in [7, 11) is 1.94. The van der Waals surface area contributed by atoms with E-state index in [9.17, 15) is 4.79 Å². The molecule has 1 aliphatic rings. The number of amides is 1. The largest absolute Gasteiger partial charge is 0.339 e. The van der Waals surface area contributed by atoms with E-state index in [4.69, 9.17) is 0 Å². The van der Waals surface area contributed by atoms with Gasteiger partial charge < -0.3 is 9.47 Å². The molecule has 0 aromatic carbocycles. The lowest BCUT2D eigenvalue weighted by Crippen LogP contribution is -2.38. The molecule has 6 heteroatoms. The van der Waals surface area contributed by atoms with Gasteiger partial charge >= 0.3 is 0 Å². The first-order valence-electron chi connectivity index (χ1n) is 7.40. The summed E-state index contributed by atoms with van der Waals surface area (Å²) in [6, 6.07) is 0. The van der Waals surface area contributed by atoms with E-state index < -0.39 is 0 Å². The van der Waals surface area contributed by atoms with Gasteiger partial charge in [-0.25, -0.2) is 9.97 Å². The van der Waals surface area contributed by atoms with Crippen LogP contribution in [0.5, 0.6) is 0 Å². The number of hydrogen-bond donors (Lipinski definition) is 0. The molecule has 1 fully saturated rings. The Morgan fingerprint density at radius 2 is 2.14 bits per heavy atom. The maximum atomic E-state index is 11.9. The summed E-state index contributed by atoms with van der Waals surface area (Å²) < 4.78 is 1.93. The number of hydrogen-bond acceptors (Lipinski definition) is 4. The van der Waals surface area contributed by atoms with Gasteiger partial charge in [0.15, 0.2) is 5.82 Å². The average Bonchev–Trinajstić information content (AvgIpc) is 3.00. The normalized spacial score (nSPS) is 18.2. The van der Waals surface area contributed by atoms with E-state index in [1.54, 1.807) is 18.6 Å². The van der Waals surface area contributed by atoms with Gasteiger partial charge in [0.05, 0.1) is 5.69 Å². The standard InChI is InChI=1S/C16H19N5O/c1-3-13(22)21-9-4-5-12(11-21)14-15(18-7-6-17-14)16-19-8-10-20(16)2/h3,6-8,10,12H,1,4-5,9,11H2,2H3. The first kappa shape index (κ1) is 14.4. The van der Waals surface area contributed by atoms with Crippen molar-refractivity contribution in [2.45, 2.75) is 18.8 Å². The predicted octanol–water partition coefficient (Wildman–Crippen LogP) is 1.77. The van der Waals surface area contributed by atoms with Crippen LogP contribution in [0.25, 0.3) is 11.5 Å². The summed E-state index contributed by atoms with van der Waals surface area (Å²) in [6.45, 7) is 5.00. The summed E-state index contributed by atoms with van der Waals surface area (Å²) >= 11 is 0. The molecule has 0 N–H and O–H groups in total. The summed E-state index contributed by atoms with van der Waals surface area (Å²) in [5.74, 6) is 0.959. The number of carbonyl (C=O) groups excluding carboxylic acids is 1. The fourth-order valence-corrected chi connectivity index (χ4v) is 2.94. The zero-order valence-electron chi connectivity index (χ0n) is 12.6. The lowest BCUT2D eigenvalue weighted by atomic mass is 9.93. The highest BCUT2D eigenvalue weighted by Crippen LogP contribution is 2.30. The zero-order valence-corrected chi connectivity index (χ0v) is 12.6. The first-order chi connectivity index (χ1) is 10.7. The third-order valence-corrected chi connectivity index (χ3v) is 4.05. The molecule has 3 rings (SSSR count). The zero-order chi connectivity index (χ0) is 15.5. The minimum Gasteiger partial charge on any atom is -0.339 e. The van der Waals surface area contributed by atoms with Gasteiger partial charge in [-0.15, -0.1) is 0 Å². The van der Waals surface area contributed by atoms with Crippen molar-refractivity contribution in [3.63, 3.8) is 0 Å². The minimum absolute atomic E-state index is 0.0212. The molecular formula is C16H19N5O. The topological polar surface area (TPSA) is 63.9 Å². The van der Waals surface area contributed by atoms with Gasteiger partial charge in [-0.3, -0.25) is 9.78 Å². The molecular weight excluding hydrogens is 278 g/mol. The molecule has 2 aromatic heterocycles. The van der Waals surface area contributed by atoms with Crippen LogP contribution in [0, 0.1) is 0 Å². The molecule has 1 saturated heterocycles. The minimum atomic E-state index is -0.0212. The Bertz CT molecular complexity index is 693. The van der Waals surface area contributed by atoms with Crippen LogP contribution in [0.2, 0.25) is 0 Å². The summed E-state index contributed by atoms with van der Waals surface area (Å²) in [5, 5.41) is 0. The third-order valence-electron chi connectivity index (χ3n) is 4.05. The third kappa shape index (κ3) is 2.64. The van der Waals surface area contributed by atoms with Gasteiger partial charge in [-0.2, -0.15) is 0 Å². The smallest absolute Gasteiger partial charge is 0.245 e. The van der Waals surface area contributed by atoms with Crippen LogP contribution in [0.3, 0.4) is 0 Å². The lowest BCUT2D eigenvalue weighted by molar-refractivity contribution is -0.127. The maximum absolute atomic E-state index is 11.9. The summed E-state index contributed by atoms with van der Waals surface area (Å²) in [4.78, 5) is 27.1. The van der Waals surface area contributed by atoms with Gasteiger partial charge in [-0.05, 0) is 18.9 Å². The Labute approximate surface area is 129 Å². The number of carbonyl (C=O) groups is 1. The molecule has 0 spiro atoms. The van der Waals surface area contributed by atoms with Gasteiger partial charge in [0, 0.05) is 50.8 Å². The van der Waals surface area contributed by atoms with E-state index in [1.807, 2.05) is 22.7 Å². The molecule has 0 radical (unpaired) electrons. The van der Waals surface area contributed by atoms with Gasteiger partial charge in [0.1, 0.15) is 5.69 Å². The molecule has 22 heavy (non-hydrogen) atoms. The highest BCUT2D eigenvalue weighted by Gasteiger charge is 2.27. The number of nitrogens with zero attached hydrogens (tertiary/aromatic N) is 5. The number of aromatic nitrogens is 4. The van der Waals surface area contributed by atoms with Crippen LogP contribution >= 0.6 is 0 Å². The van der Waals surface area contributed by atoms with Crippen molar-refractivity contribution in [2.24, 2.45) is 7.05 Å².